The number of hydrogen-bond acceptors (Lipinski definition) is 6. The highest BCUT2D eigenvalue weighted by molar-refractivity contribution is 5.96. The van der Waals surface area contributed by atoms with Crippen LogP contribution in [-0.2, 0) is 20.7 Å². The molecule has 136 valence electrons. The normalized spacial score (nSPS) is 18.2. The smallest absolute Gasteiger partial charge is 0.417 e. The summed E-state index contributed by atoms with van der Waals surface area (Å²) >= 11 is 0. The van der Waals surface area contributed by atoms with E-state index < -0.39 is 23.9 Å². The Kier molecular flexibility index (Phi) is 5.66. The minimum Gasteiger partial charge on any atom is -0.468 e. The maximum atomic E-state index is 13.0. The molecule has 0 aromatic carbocycles. The van der Waals surface area contributed by atoms with Crippen LogP contribution in [0.15, 0.2) is 28.9 Å². The maximum absolute atomic E-state index is 13.0. The number of nitrogens with zero attached hydrogens (tertiary/aromatic N) is 1. The van der Waals surface area contributed by atoms with Gasteiger partial charge in [0.15, 0.2) is 0 Å². The first kappa shape index (κ1) is 18.8. The third kappa shape index (κ3) is 3.75. The van der Waals surface area contributed by atoms with Gasteiger partial charge in [0.1, 0.15) is 17.9 Å². The first-order chi connectivity index (χ1) is 11.8. The van der Waals surface area contributed by atoms with E-state index in [-0.39, 0.29) is 30.6 Å². The van der Waals surface area contributed by atoms with Crippen LogP contribution in [0, 0.1) is 11.8 Å². The van der Waals surface area contributed by atoms with Crippen LogP contribution >= 0.6 is 0 Å². The van der Waals surface area contributed by atoms with Crippen molar-refractivity contribution in [2.75, 3.05) is 13.7 Å². The lowest BCUT2D eigenvalue weighted by Crippen LogP contribution is -2.45. The molecule has 0 unspecified atom stereocenters. The van der Waals surface area contributed by atoms with Crippen LogP contribution in [0.25, 0.3) is 0 Å². The van der Waals surface area contributed by atoms with E-state index in [4.69, 9.17) is 13.9 Å². The summed E-state index contributed by atoms with van der Waals surface area (Å²) in [6, 6.07) is 1.17. The molecular weight excluding hydrogens is 326 g/mol. The van der Waals surface area contributed by atoms with E-state index in [9.17, 15) is 14.4 Å². The van der Waals surface area contributed by atoms with Crippen molar-refractivity contribution in [1.82, 2.24) is 4.90 Å². The SMILES string of the molecule is C=C(C)[C@H](Cc1occc1C(=O)OC)C(=O)N1C(=O)OC[C@@H]1C(C)C. The molecule has 0 radical (unpaired) electrons. The molecule has 2 rings (SSSR count). The highest BCUT2D eigenvalue weighted by atomic mass is 16.6. The Balaban J connectivity index is 2.28. The van der Waals surface area contributed by atoms with Gasteiger partial charge in [-0.15, -0.1) is 0 Å². The summed E-state index contributed by atoms with van der Waals surface area (Å²) in [5.41, 5.74) is 0.824. The Morgan fingerprint density at radius 2 is 2.12 bits per heavy atom. The lowest BCUT2D eigenvalue weighted by atomic mass is 9.92. The molecule has 7 heteroatoms. The van der Waals surface area contributed by atoms with Crippen LogP contribution in [0.2, 0.25) is 0 Å². The van der Waals surface area contributed by atoms with Crippen molar-refractivity contribution in [2.45, 2.75) is 33.2 Å². The highest BCUT2D eigenvalue weighted by Gasteiger charge is 2.42. The Morgan fingerprint density at radius 1 is 1.44 bits per heavy atom. The number of rotatable bonds is 6. The Bertz CT molecular complexity index is 689. The van der Waals surface area contributed by atoms with Crippen molar-refractivity contribution in [3.8, 4) is 0 Å². The van der Waals surface area contributed by atoms with E-state index in [1.165, 1.54) is 19.4 Å². The van der Waals surface area contributed by atoms with Gasteiger partial charge in [-0.2, -0.15) is 0 Å². The van der Waals surface area contributed by atoms with Gasteiger partial charge in [0.25, 0.3) is 0 Å². The summed E-state index contributed by atoms with van der Waals surface area (Å²) < 4.78 is 15.1. The number of carbonyl (C=O) groups is 3. The van der Waals surface area contributed by atoms with Crippen molar-refractivity contribution in [1.29, 1.82) is 0 Å². The van der Waals surface area contributed by atoms with Crippen molar-refractivity contribution < 1.29 is 28.3 Å². The lowest BCUT2D eigenvalue weighted by molar-refractivity contribution is -0.132. The molecule has 7 nitrogen and oxygen atoms in total. The fraction of sp³-hybridized carbons (Fsp3) is 0.500. The lowest BCUT2D eigenvalue weighted by Gasteiger charge is -2.26. The number of esters is 1. The molecule has 1 aliphatic rings. The van der Waals surface area contributed by atoms with Gasteiger partial charge in [-0.1, -0.05) is 26.0 Å². The molecule has 0 bridgehead atoms. The second kappa shape index (κ2) is 7.55. The Morgan fingerprint density at radius 3 is 2.68 bits per heavy atom. The molecule has 2 atom stereocenters. The second-order valence-electron chi connectivity index (χ2n) is 6.45. The summed E-state index contributed by atoms with van der Waals surface area (Å²) in [6.07, 6.45) is 0.825. The molecule has 1 aliphatic heterocycles. The number of cyclic esters (lactones) is 1. The predicted octanol–water partition coefficient (Wildman–Crippen LogP) is 2.80. The Labute approximate surface area is 146 Å². The summed E-state index contributed by atoms with van der Waals surface area (Å²) in [5.74, 6) is -1.27. The number of imide groups is 1. The molecule has 0 N–H and O–H groups in total. The molecule has 0 aliphatic carbocycles. The van der Waals surface area contributed by atoms with Gasteiger partial charge >= 0.3 is 12.1 Å². The zero-order valence-corrected chi connectivity index (χ0v) is 14.9. The van der Waals surface area contributed by atoms with E-state index in [0.29, 0.717) is 11.3 Å². The van der Waals surface area contributed by atoms with Crippen LogP contribution in [0.5, 0.6) is 0 Å². The minimum atomic E-state index is -0.707. The predicted molar refractivity (Wildman–Crippen MR) is 88.9 cm³/mol. The topological polar surface area (TPSA) is 86.0 Å². The summed E-state index contributed by atoms with van der Waals surface area (Å²) in [5, 5.41) is 0. The summed E-state index contributed by atoms with van der Waals surface area (Å²) in [4.78, 5) is 38.0. The van der Waals surface area contributed by atoms with E-state index in [0.717, 1.165) is 4.90 Å². The Hall–Kier alpha value is -2.57. The fourth-order valence-electron chi connectivity index (χ4n) is 2.80. The van der Waals surface area contributed by atoms with E-state index in [2.05, 4.69) is 6.58 Å². The average molecular weight is 349 g/mol. The molecule has 0 saturated carbocycles. The molecule has 1 aromatic rings. The quantitative estimate of drug-likeness (QED) is 0.580. The van der Waals surface area contributed by atoms with Crippen molar-refractivity contribution in [2.24, 2.45) is 11.8 Å². The molecule has 2 heterocycles. The third-order valence-electron chi connectivity index (χ3n) is 4.35. The number of hydrogen-bond donors (Lipinski definition) is 0. The van der Waals surface area contributed by atoms with Gasteiger partial charge in [0.2, 0.25) is 5.91 Å². The molecular formula is C18H23NO6. The van der Waals surface area contributed by atoms with Gasteiger partial charge in [-0.25, -0.2) is 14.5 Å². The molecule has 0 spiro atoms. The van der Waals surface area contributed by atoms with Gasteiger partial charge in [-0.3, -0.25) is 4.79 Å². The average Bonchev–Trinajstić information content (AvgIpc) is 3.17. The highest BCUT2D eigenvalue weighted by Crippen LogP contribution is 2.27. The monoisotopic (exact) mass is 349 g/mol. The van der Waals surface area contributed by atoms with E-state index in [1.54, 1.807) is 6.92 Å². The number of furan rings is 1. The molecule has 1 fully saturated rings. The first-order valence-electron chi connectivity index (χ1n) is 8.07. The van der Waals surface area contributed by atoms with Crippen molar-refractivity contribution in [3.05, 3.63) is 35.8 Å². The van der Waals surface area contributed by atoms with Crippen molar-refractivity contribution in [3.63, 3.8) is 0 Å². The number of carbonyl (C=O) groups excluding carboxylic acids is 3. The van der Waals surface area contributed by atoms with Gasteiger partial charge in [-0.05, 0) is 18.9 Å². The van der Waals surface area contributed by atoms with Crippen LogP contribution in [-0.4, -0.2) is 42.6 Å². The van der Waals surface area contributed by atoms with E-state index >= 15 is 0 Å². The number of methoxy groups -OCH3 is 1. The van der Waals surface area contributed by atoms with Crippen LogP contribution in [0.1, 0.15) is 36.9 Å². The molecule has 1 saturated heterocycles. The van der Waals surface area contributed by atoms with Crippen molar-refractivity contribution >= 4 is 18.0 Å². The largest absolute Gasteiger partial charge is 0.468 e. The van der Waals surface area contributed by atoms with E-state index in [1.807, 2.05) is 13.8 Å². The zero-order valence-electron chi connectivity index (χ0n) is 14.9. The zero-order chi connectivity index (χ0) is 18.7. The molecule has 1 aromatic heterocycles. The van der Waals surface area contributed by atoms with Crippen LogP contribution in [0.4, 0.5) is 4.79 Å². The van der Waals surface area contributed by atoms with Gasteiger partial charge in [0.05, 0.1) is 25.3 Å². The summed E-state index contributed by atoms with van der Waals surface area (Å²) in [7, 11) is 1.27. The molecule has 2 amide bonds. The van der Waals surface area contributed by atoms with Gasteiger partial charge in [0, 0.05) is 6.42 Å². The number of ether oxygens (including phenoxy) is 2. The third-order valence-corrected chi connectivity index (χ3v) is 4.35. The van der Waals surface area contributed by atoms with Crippen LogP contribution < -0.4 is 0 Å². The first-order valence-corrected chi connectivity index (χ1v) is 8.07. The van der Waals surface area contributed by atoms with Gasteiger partial charge < -0.3 is 13.9 Å². The fourth-order valence-corrected chi connectivity index (χ4v) is 2.80. The second-order valence-corrected chi connectivity index (χ2v) is 6.45. The summed E-state index contributed by atoms with van der Waals surface area (Å²) in [6.45, 7) is 9.59. The van der Waals surface area contributed by atoms with Crippen LogP contribution in [0.3, 0.4) is 0 Å². The minimum absolute atomic E-state index is 0.0652. The maximum Gasteiger partial charge on any atom is 0.417 e. The standard InChI is InChI=1S/C18H23NO6/c1-10(2)13(8-15-12(6-7-24-15)17(21)23-5)16(20)19-14(11(3)4)9-25-18(19)22/h6-7,11,13-14H,1,8-9H2,2-5H3/t13-,14+/m0/s1. The molecule has 25 heavy (non-hydrogen) atoms. The number of amides is 2.